The Morgan fingerprint density at radius 1 is 1.09 bits per heavy atom. The van der Waals surface area contributed by atoms with Crippen LogP contribution in [0.15, 0.2) is 30.3 Å². The summed E-state index contributed by atoms with van der Waals surface area (Å²) in [5.74, 6) is -0.332. The molecule has 1 rings (SSSR count). The van der Waals surface area contributed by atoms with E-state index in [0.717, 1.165) is 12.0 Å². The Bertz CT molecular complexity index is 501. The molecule has 0 fully saturated rings. The van der Waals surface area contributed by atoms with Crippen molar-refractivity contribution in [2.75, 3.05) is 19.0 Å². The Kier molecular flexibility index (Phi) is 8.63. The fraction of sp³-hybridized carbons (Fsp3) is 0.625. The van der Waals surface area contributed by atoms with Gasteiger partial charge in [0.25, 0.3) is 10.1 Å². The van der Waals surface area contributed by atoms with Crippen LogP contribution < -0.4 is 0 Å². The third kappa shape index (κ3) is 9.89. The minimum Gasteiger partial charge on any atom is -0.378 e. The van der Waals surface area contributed by atoms with Crippen molar-refractivity contribution in [3.8, 4) is 0 Å². The summed E-state index contributed by atoms with van der Waals surface area (Å²) in [7, 11) is -3.89. The van der Waals surface area contributed by atoms with Gasteiger partial charge in [-0.05, 0) is 31.2 Å². The minimum atomic E-state index is -3.89. The maximum atomic E-state index is 10.7. The molecule has 0 spiro atoms. The predicted octanol–water partition coefficient (Wildman–Crippen LogP) is 2.91. The molecule has 0 saturated carbocycles. The van der Waals surface area contributed by atoms with Crippen LogP contribution in [-0.4, -0.2) is 38.0 Å². The van der Waals surface area contributed by atoms with Crippen molar-refractivity contribution >= 4 is 10.1 Å². The van der Waals surface area contributed by atoms with Crippen LogP contribution >= 0.6 is 0 Å². The van der Waals surface area contributed by atoms with Gasteiger partial charge in [0.15, 0.2) is 0 Å². The van der Waals surface area contributed by atoms with Crippen molar-refractivity contribution < 1.29 is 22.4 Å². The van der Waals surface area contributed by atoms with E-state index in [4.69, 9.17) is 14.0 Å². The van der Waals surface area contributed by atoms with Crippen LogP contribution in [0.1, 0.15) is 32.3 Å². The van der Waals surface area contributed by atoms with Gasteiger partial charge >= 0.3 is 0 Å². The number of hydrogen-bond acceptors (Lipinski definition) is 4. The Morgan fingerprint density at radius 2 is 1.77 bits per heavy atom. The van der Waals surface area contributed by atoms with E-state index in [-0.39, 0.29) is 17.8 Å². The van der Waals surface area contributed by atoms with E-state index in [1.165, 1.54) is 0 Å². The molecule has 2 atom stereocenters. The molecule has 0 aliphatic carbocycles. The molecule has 0 aromatic heterocycles. The van der Waals surface area contributed by atoms with E-state index >= 15 is 0 Å². The van der Waals surface area contributed by atoms with Crippen molar-refractivity contribution in [2.45, 2.75) is 39.4 Å². The van der Waals surface area contributed by atoms with Crippen LogP contribution in [0.3, 0.4) is 0 Å². The zero-order valence-corrected chi connectivity index (χ0v) is 14.1. The van der Waals surface area contributed by atoms with Crippen molar-refractivity contribution in [3.05, 3.63) is 35.9 Å². The van der Waals surface area contributed by atoms with Gasteiger partial charge in [0.2, 0.25) is 0 Å². The monoisotopic (exact) mass is 330 g/mol. The van der Waals surface area contributed by atoms with E-state index in [1.54, 1.807) is 6.92 Å². The van der Waals surface area contributed by atoms with Gasteiger partial charge in [-0.1, -0.05) is 37.3 Å². The topological polar surface area (TPSA) is 72.8 Å². The normalized spacial score (nSPS) is 14.7. The molecule has 0 amide bonds. The standard InChI is InChI=1S/C16H26O5S/c1-14(13-22(17,18)19)8-11-21-15(2)9-10-20-12-16-6-4-3-5-7-16/h3-7,14-15H,8-13H2,1-2H3,(H,17,18,19)/t14-,15-/m0/s1. The van der Waals surface area contributed by atoms with Gasteiger partial charge in [0, 0.05) is 13.2 Å². The van der Waals surface area contributed by atoms with Crippen molar-refractivity contribution in [1.82, 2.24) is 0 Å². The Balaban J connectivity index is 2.05. The lowest BCUT2D eigenvalue weighted by Gasteiger charge is -2.15. The van der Waals surface area contributed by atoms with Gasteiger partial charge in [0.1, 0.15) is 0 Å². The predicted molar refractivity (Wildman–Crippen MR) is 86.3 cm³/mol. The fourth-order valence-electron chi connectivity index (χ4n) is 2.01. The highest BCUT2D eigenvalue weighted by Gasteiger charge is 2.12. The summed E-state index contributed by atoms with van der Waals surface area (Å²) >= 11 is 0. The van der Waals surface area contributed by atoms with Crippen LogP contribution in [0.2, 0.25) is 0 Å². The summed E-state index contributed by atoms with van der Waals surface area (Å²) in [4.78, 5) is 0. The third-order valence-electron chi connectivity index (χ3n) is 3.29. The summed E-state index contributed by atoms with van der Waals surface area (Å²) in [6.07, 6.45) is 1.46. The van der Waals surface area contributed by atoms with E-state index in [2.05, 4.69) is 0 Å². The molecule has 0 aliphatic heterocycles. The SMILES string of the molecule is C[C@@H](CCO[C@@H](C)CCOCc1ccccc1)CS(=O)(=O)O. The second kappa shape index (κ2) is 9.94. The fourth-order valence-corrected chi connectivity index (χ4v) is 2.90. The average Bonchev–Trinajstić information content (AvgIpc) is 2.43. The molecule has 6 heteroatoms. The molecule has 1 aromatic rings. The molecule has 0 saturated heterocycles. The highest BCUT2D eigenvalue weighted by molar-refractivity contribution is 7.85. The lowest BCUT2D eigenvalue weighted by molar-refractivity contribution is 0.0238. The smallest absolute Gasteiger partial charge is 0.265 e. The van der Waals surface area contributed by atoms with Gasteiger partial charge in [-0.3, -0.25) is 4.55 Å². The minimum absolute atomic E-state index is 0.0636. The van der Waals surface area contributed by atoms with Crippen LogP contribution in [-0.2, 0) is 26.2 Å². The van der Waals surface area contributed by atoms with Crippen LogP contribution in [0, 0.1) is 5.92 Å². The molecule has 126 valence electrons. The summed E-state index contributed by atoms with van der Waals surface area (Å²) in [6.45, 7) is 5.45. The van der Waals surface area contributed by atoms with Crippen molar-refractivity contribution in [2.24, 2.45) is 5.92 Å². The van der Waals surface area contributed by atoms with E-state index in [0.29, 0.717) is 26.2 Å². The van der Waals surface area contributed by atoms with E-state index < -0.39 is 10.1 Å². The van der Waals surface area contributed by atoms with Crippen LogP contribution in [0.4, 0.5) is 0 Å². The molecule has 0 unspecified atom stereocenters. The highest BCUT2D eigenvalue weighted by atomic mass is 32.2. The summed E-state index contributed by atoms with van der Waals surface area (Å²) < 4.78 is 41.4. The maximum Gasteiger partial charge on any atom is 0.265 e. The van der Waals surface area contributed by atoms with Gasteiger partial charge in [-0.15, -0.1) is 0 Å². The van der Waals surface area contributed by atoms with E-state index in [1.807, 2.05) is 37.3 Å². The molecule has 0 radical (unpaired) electrons. The maximum absolute atomic E-state index is 10.7. The molecule has 1 aromatic carbocycles. The second-order valence-electron chi connectivity index (χ2n) is 5.65. The lowest BCUT2D eigenvalue weighted by atomic mass is 10.1. The first-order valence-electron chi connectivity index (χ1n) is 7.55. The first kappa shape index (κ1) is 19.1. The van der Waals surface area contributed by atoms with Crippen LogP contribution in [0.5, 0.6) is 0 Å². The zero-order chi connectivity index (χ0) is 16.4. The Labute approximate surface area is 133 Å². The van der Waals surface area contributed by atoms with Gasteiger partial charge in [0.05, 0.1) is 18.5 Å². The number of benzene rings is 1. The Morgan fingerprint density at radius 3 is 2.41 bits per heavy atom. The molecule has 22 heavy (non-hydrogen) atoms. The highest BCUT2D eigenvalue weighted by Crippen LogP contribution is 2.08. The van der Waals surface area contributed by atoms with Crippen molar-refractivity contribution in [1.29, 1.82) is 0 Å². The molecule has 0 heterocycles. The lowest BCUT2D eigenvalue weighted by Crippen LogP contribution is -2.17. The largest absolute Gasteiger partial charge is 0.378 e. The number of rotatable bonds is 11. The van der Waals surface area contributed by atoms with Gasteiger partial charge in [-0.2, -0.15) is 8.42 Å². The van der Waals surface area contributed by atoms with Crippen molar-refractivity contribution in [3.63, 3.8) is 0 Å². The molecular formula is C16H26O5S. The molecule has 5 nitrogen and oxygen atoms in total. The average molecular weight is 330 g/mol. The van der Waals surface area contributed by atoms with Crippen LogP contribution in [0.25, 0.3) is 0 Å². The molecular weight excluding hydrogens is 304 g/mol. The summed E-state index contributed by atoms with van der Waals surface area (Å²) in [5.41, 5.74) is 1.15. The third-order valence-corrected chi connectivity index (χ3v) is 4.28. The first-order valence-corrected chi connectivity index (χ1v) is 9.16. The molecule has 0 bridgehead atoms. The number of ether oxygens (including phenoxy) is 2. The first-order chi connectivity index (χ1) is 10.4. The Hall–Kier alpha value is -0.950. The quantitative estimate of drug-likeness (QED) is 0.499. The summed E-state index contributed by atoms with van der Waals surface area (Å²) in [6, 6.07) is 9.99. The molecule has 1 N–H and O–H groups in total. The number of hydrogen-bond donors (Lipinski definition) is 1. The van der Waals surface area contributed by atoms with Gasteiger partial charge in [-0.25, -0.2) is 0 Å². The molecule has 0 aliphatic rings. The zero-order valence-electron chi connectivity index (χ0n) is 13.3. The van der Waals surface area contributed by atoms with E-state index in [9.17, 15) is 8.42 Å². The summed E-state index contributed by atoms with van der Waals surface area (Å²) in [5, 5.41) is 0. The second-order valence-corrected chi connectivity index (χ2v) is 7.15. The van der Waals surface area contributed by atoms with Gasteiger partial charge < -0.3 is 9.47 Å².